The summed E-state index contributed by atoms with van der Waals surface area (Å²) in [6.07, 6.45) is 1.38. The van der Waals surface area contributed by atoms with Gasteiger partial charge in [0.05, 0.1) is 13.2 Å². The molecule has 0 bridgehead atoms. The topological polar surface area (TPSA) is 84.7 Å². The summed E-state index contributed by atoms with van der Waals surface area (Å²) in [5.74, 6) is -0.396. The second-order valence-electron chi connectivity index (χ2n) is 4.47. The molecule has 1 aliphatic rings. The average Bonchev–Trinajstić information content (AvgIpc) is 2.73. The molecule has 2 amide bonds. The summed E-state index contributed by atoms with van der Waals surface area (Å²) in [6, 6.07) is 0. The van der Waals surface area contributed by atoms with E-state index < -0.39 is 5.54 Å². The highest BCUT2D eigenvalue weighted by Crippen LogP contribution is 2.17. The summed E-state index contributed by atoms with van der Waals surface area (Å²) in [5, 5.41) is 2.72. The van der Waals surface area contributed by atoms with Crippen molar-refractivity contribution in [3.63, 3.8) is 0 Å². The maximum Gasteiger partial charge on any atom is 0.245 e. The van der Waals surface area contributed by atoms with Crippen LogP contribution in [0.25, 0.3) is 0 Å². The first-order chi connectivity index (χ1) is 7.99. The highest BCUT2D eigenvalue weighted by Gasteiger charge is 2.40. The third-order valence-electron chi connectivity index (χ3n) is 2.78. The highest BCUT2D eigenvalue weighted by atomic mass is 16.5. The lowest BCUT2D eigenvalue weighted by Crippen LogP contribution is -2.56. The van der Waals surface area contributed by atoms with Crippen molar-refractivity contribution in [2.75, 3.05) is 33.4 Å². The number of nitrogens with one attached hydrogen (secondary N) is 1. The van der Waals surface area contributed by atoms with E-state index in [0.717, 1.165) is 6.42 Å². The van der Waals surface area contributed by atoms with Gasteiger partial charge in [-0.2, -0.15) is 0 Å². The fourth-order valence-corrected chi connectivity index (χ4v) is 1.74. The van der Waals surface area contributed by atoms with Crippen molar-refractivity contribution in [1.29, 1.82) is 0 Å². The Labute approximate surface area is 101 Å². The SMILES string of the molecule is CCCNC(=O)CN(C)C(=O)C1(N)CCOC1. The van der Waals surface area contributed by atoms with E-state index in [1.807, 2.05) is 6.92 Å². The van der Waals surface area contributed by atoms with Crippen molar-refractivity contribution in [2.45, 2.75) is 25.3 Å². The second kappa shape index (κ2) is 5.97. The summed E-state index contributed by atoms with van der Waals surface area (Å²) < 4.78 is 5.13. The van der Waals surface area contributed by atoms with Crippen molar-refractivity contribution in [1.82, 2.24) is 10.2 Å². The van der Waals surface area contributed by atoms with Crippen LogP contribution >= 0.6 is 0 Å². The monoisotopic (exact) mass is 243 g/mol. The van der Waals surface area contributed by atoms with E-state index in [9.17, 15) is 9.59 Å². The van der Waals surface area contributed by atoms with E-state index in [2.05, 4.69) is 5.32 Å². The van der Waals surface area contributed by atoms with E-state index in [-0.39, 0.29) is 25.0 Å². The van der Waals surface area contributed by atoms with Crippen molar-refractivity contribution in [3.05, 3.63) is 0 Å². The molecule has 1 saturated heterocycles. The van der Waals surface area contributed by atoms with Crippen LogP contribution in [0.2, 0.25) is 0 Å². The molecule has 0 aliphatic carbocycles. The van der Waals surface area contributed by atoms with Gasteiger partial charge in [0.25, 0.3) is 0 Å². The van der Waals surface area contributed by atoms with Crippen LogP contribution in [0, 0.1) is 0 Å². The maximum absolute atomic E-state index is 12.0. The summed E-state index contributed by atoms with van der Waals surface area (Å²) >= 11 is 0. The van der Waals surface area contributed by atoms with E-state index in [1.54, 1.807) is 7.05 Å². The summed E-state index contributed by atoms with van der Waals surface area (Å²) in [6.45, 7) is 3.36. The molecule has 1 aliphatic heterocycles. The van der Waals surface area contributed by atoms with Gasteiger partial charge in [-0.3, -0.25) is 9.59 Å². The van der Waals surface area contributed by atoms with Gasteiger partial charge in [-0.1, -0.05) is 6.92 Å². The lowest BCUT2D eigenvalue weighted by atomic mass is 9.98. The number of hydrogen-bond acceptors (Lipinski definition) is 4. The zero-order valence-electron chi connectivity index (χ0n) is 10.5. The fourth-order valence-electron chi connectivity index (χ4n) is 1.74. The quantitative estimate of drug-likeness (QED) is 0.654. The van der Waals surface area contributed by atoms with Crippen molar-refractivity contribution in [2.24, 2.45) is 5.73 Å². The zero-order chi connectivity index (χ0) is 12.9. The smallest absolute Gasteiger partial charge is 0.245 e. The first-order valence-electron chi connectivity index (χ1n) is 5.88. The molecule has 1 rings (SSSR count). The minimum atomic E-state index is -0.959. The Morgan fingerprint density at radius 3 is 2.76 bits per heavy atom. The Morgan fingerprint density at radius 1 is 1.53 bits per heavy atom. The molecule has 1 unspecified atom stereocenters. The van der Waals surface area contributed by atoms with Gasteiger partial charge in [-0.05, 0) is 12.8 Å². The molecule has 17 heavy (non-hydrogen) atoms. The summed E-state index contributed by atoms with van der Waals surface area (Å²) in [4.78, 5) is 24.8. The van der Waals surface area contributed by atoms with Crippen molar-refractivity contribution in [3.8, 4) is 0 Å². The molecule has 1 fully saturated rings. The minimum absolute atomic E-state index is 0.0395. The second-order valence-corrected chi connectivity index (χ2v) is 4.47. The fraction of sp³-hybridized carbons (Fsp3) is 0.818. The van der Waals surface area contributed by atoms with Gasteiger partial charge >= 0.3 is 0 Å². The van der Waals surface area contributed by atoms with Gasteiger partial charge in [0.15, 0.2) is 0 Å². The first kappa shape index (κ1) is 13.9. The van der Waals surface area contributed by atoms with E-state index in [0.29, 0.717) is 19.6 Å². The largest absolute Gasteiger partial charge is 0.379 e. The molecule has 6 nitrogen and oxygen atoms in total. The predicted molar refractivity (Wildman–Crippen MR) is 63.3 cm³/mol. The molecule has 98 valence electrons. The van der Waals surface area contributed by atoms with Crippen molar-refractivity contribution < 1.29 is 14.3 Å². The Morgan fingerprint density at radius 2 is 2.24 bits per heavy atom. The van der Waals surface area contributed by atoms with Crippen molar-refractivity contribution >= 4 is 11.8 Å². The van der Waals surface area contributed by atoms with Crippen LogP contribution in [0.15, 0.2) is 0 Å². The van der Waals surface area contributed by atoms with E-state index in [1.165, 1.54) is 4.90 Å². The number of ether oxygens (including phenoxy) is 1. The van der Waals surface area contributed by atoms with E-state index >= 15 is 0 Å². The van der Waals surface area contributed by atoms with Gasteiger partial charge in [0.1, 0.15) is 5.54 Å². The minimum Gasteiger partial charge on any atom is -0.379 e. The number of nitrogens with zero attached hydrogens (tertiary/aromatic N) is 1. The normalized spacial score (nSPS) is 23.5. The molecule has 0 saturated carbocycles. The Hall–Kier alpha value is -1.14. The lowest BCUT2D eigenvalue weighted by molar-refractivity contribution is -0.139. The molecule has 0 aromatic rings. The number of rotatable bonds is 5. The molecule has 0 aromatic carbocycles. The van der Waals surface area contributed by atoms with Gasteiger partial charge in [-0.15, -0.1) is 0 Å². The number of carbonyl (C=O) groups excluding carboxylic acids is 2. The molecule has 0 spiro atoms. The average molecular weight is 243 g/mol. The molecule has 6 heteroatoms. The highest BCUT2D eigenvalue weighted by molar-refractivity contribution is 5.90. The lowest BCUT2D eigenvalue weighted by Gasteiger charge is -2.27. The molecule has 0 aromatic heterocycles. The Balaban J connectivity index is 2.44. The molecule has 1 atom stereocenters. The summed E-state index contributed by atoms with van der Waals surface area (Å²) in [7, 11) is 1.58. The molecule has 0 radical (unpaired) electrons. The standard InChI is InChI=1S/C11H21N3O3/c1-3-5-13-9(15)7-14(2)10(16)11(12)4-6-17-8-11/h3-8,12H2,1-2H3,(H,13,15). The molecule has 3 N–H and O–H groups in total. The van der Waals surface area contributed by atoms with Crippen LogP contribution in [0.5, 0.6) is 0 Å². The zero-order valence-corrected chi connectivity index (χ0v) is 10.5. The van der Waals surface area contributed by atoms with Crippen LogP contribution in [0.3, 0.4) is 0 Å². The number of likely N-dealkylation sites (N-methyl/N-ethyl adjacent to an activating group) is 1. The molecule has 1 heterocycles. The number of hydrogen-bond donors (Lipinski definition) is 2. The van der Waals surface area contributed by atoms with E-state index in [4.69, 9.17) is 10.5 Å². The number of carbonyl (C=O) groups is 2. The van der Waals surface area contributed by atoms with Gasteiger partial charge in [0.2, 0.25) is 11.8 Å². The van der Waals surface area contributed by atoms with Gasteiger partial charge in [-0.25, -0.2) is 0 Å². The van der Waals surface area contributed by atoms with Crippen LogP contribution in [-0.4, -0.2) is 55.6 Å². The maximum atomic E-state index is 12.0. The van der Waals surface area contributed by atoms with Crippen LogP contribution in [0.1, 0.15) is 19.8 Å². The Kier molecular flexibility index (Phi) is 4.89. The number of amides is 2. The van der Waals surface area contributed by atoms with Gasteiger partial charge in [0, 0.05) is 20.2 Å². The van der Waals surface area contributed by atoms with Crippen LogP contribution in [0.4, 0.5) is 0 Å². The third-order valence-corrected chi connectivity index (χ3v) is 2.78. The molecular formula is C11H21N3O3. The molecular weight excluding hydrogens is 222 g/mol. The Bertz CT molecular complexity index is 288. The van der Waals surface area contributed by atoms with Gasteiger partial charge < -0.3 is 20.7 Å². The number of nitrogens with two attached hydrogens (primary N) is 1. The third kappa shape index (κ3) is 3.67. The predicted octanol–water partition coefficient (Wildman–Crippen LogP) is -0.911. The first-order valence-corrected chi connectivity index (χ1v) is 5.88. The van der Waals surface area contributed by atoms with Crippen LogP contribution in [-0.2, 0) is 14.3 Å². The summed E-state index contributed by atoms with van der Waals surface area (Å²) in [5.41, 5.74) is 4.97. The van der Waals surface area contributed by atoms with Crippen LogP contribution < -0.4 is 11.1 Å².